The van der Waals surface area contributed by atoms with Gasteiger partial charge >= 0.3 is 5.69 Å². The highest BCUT2D eigenvalue weighted by atomic mass is 19.1. The monoisotopic (exact) mass is 402 g/mol. The van der Waals surface area contributed by atoms with Crippen LogP contribution in [0, 0.1) is 17.5 Å². The fraction of sp³-hybridized carbons (Fsp3) is 0.250. The molecular formula is C20H17F3N4O2. The third-order valence-electron chi connectivity index (χ3n) is 4.67. The molecule has 0 bridgehead atoms. The van der Waals surface area contributed by atoms with Crippen LogP contribution in [0.2, 0.25) is 0 Å². The Bertz CT molecular complexity index is 1120. The number of nitrogens with zero attached hydrogens (tertiary/aromatic N) is 3. The van der Waals surface area contributed by atoms with Crippen LogP contribution in [0.4, 0.5) is 13.2 Å². The summed E-state index contributed by atoms with van der Waals surface area (Å²) in [7, 11) is 0. The molecule has 2 aromatic carbocycles. The number of aromatic nitrogens is 3. The maximum absolute atomic E-state index is 13.7. The van der Waals surface area contributed by atoms with E-state index in [-0.39, 0.29) is 36.2 Å². The van der Waals surface area contributed by atoms with Crippen LogP contribution < -0.4 is 11.0 Å². The van der Waals surface area contributed by atoms with E-state index in [2.05, 4.69) is 10.4 Å². The number of halogens is 3. The lowest BCUT2D eigenvalue weighted by atomic mass is 10.2. The van der Waals surface area contributed by atoms with E-state index in [1.165, 1.54) is 16.8 Å². The van der Waals surface area contributed by atoms with E-state index in [1.807, 2.05) is 0 Å². The molecule has 0 aliphatic heterocycles. The van der Waals surface area contributed by atoms with Crippen molar-refractivity contribution in [2.45, 2.75) is 25.4 Å². The van der Waals surface area contributed by atoms with Crippen molar-refractivity contribution in [2.75, 3.05) is 6.54 Å². The molecule has 0 radical (unpaired) electrons. The Hall–Kier alpha value is -3.36. The zero-order valence-corrected chi connectivity index (χ0v) is 15.2. The summed E-state index contributed by atoms with van der Waals surface area (Å²) in [5, 5.41) is 6.84. The molecule has 0 saturated heterocycles. The number of nitrogens with one attached hydrogen (secondary N) is 1. The van der Waals surface area contributed by atoms with E-state index in [0.717, 1.165) is 25.0 Å². The Morgan fingerprint density at radius 2 is 1.76 bits per heavy atom. The van der Waals surface area contributed by atoms with Crippen LogP contribution in [-0.2, 0) is 6.54 Å². The molecular weight excluding hydrogens is 385 g/mol. The highest BCUT2D eigenvalue weighted by Crippen LogP contribution is 2.36. The molecule has 1 aliphatic rings. The number of hydrogen-bond donors (Lipinski definition) is 1. The smallest absolute Gasteiger partial charge is 0.346 e. The van der Waals surface area contributed by atoms with Gasteiger partial charge in [-0.3, -0.25) is 9.36 Å². The summed E-state index contributed by atoms with van der Waals surface area (Å²) >= 11 is 0. The molecule has 4 rings (SSSR count). The normalized spacial score (nSPS) is 13.5. The van der Waals surface area contributed by atoms with Gasteiger partial charge in [0.15, 0.2) is 5.82 Å². The topological polar surface area (TPSA) is 68.9 Å². The molecule has 1 aliphatic carbocycles. The lowest BCUT2D eigenvalue weighted by molar-refractivity contribution is 0.0947. The summed E-state index contributed by atoms with van der Waals surface area (Å²) in [6.07, 6.45) is 1.72. The molecule has 1 amide bonds. The maximum atomic E-state index is 13.7. The molecule has 1 fully saturated rings. The standard InChI is InChI=1S/C20H17F3N4O2/c21-13-3-1-12(2-4-13)18-25-26(20(29)27(18)15-6-7-15)10-9-24-19(28)16-8-5-14(22)11-17(16)23/h1-5,8,11,15H,6-7,9-10H2,(H,24,28). The number of carbonyl (C=O) groups is 1. The van der Waals surface area contributed by atoms with Crippen LogP contribution >= 0.6 is 0 Å². The van der Waals surface area contributed by atoms with Crippen molar-refractivity contribution in [3.05, 3.63) is 76.0 Å². The van der Waals surface area contributed by atoms with Gasteiger partial charge in [-0.25, -0.2) is 22.6 Å². The predicted octanol–water partition coefficient (Wildman–Crippen LogP) is 2.89. The van der Waals surface area contributed by atoms with Gasteiger partial charge in [-0.2, -0.15) is 0 Å². The molecule has 1 heterocycles. The minimum atomic E-state index is -0.962. The summed E-state index contributed by atoms with van der Waals surface area (Å²) in [5.74, 6) is -2.39. The van der Waals surface area contributed by atoms with Crippen LogP contribution in [-0.4, -0.2) is 26.8 Å². The molecule has 3 aromatic rings. The van der Waals surface area contributed by atoms with Gasteiger partial charge in [0.05, 0.1) is 12.1 Å². The number of amides is 1. The average molecular weight is 402 g/mol. The van der Waals surface area contributed by atoms with Crippen molar-refractivity contribution >= 4 is 5.91 Å². The molecule has 0 atom stereocenters. The number of carbonyl (C=O) groups excluding carboxylic acids is 1. The van der Waals surface area contributed by atoms with E-state index < -0.39 is 17.5 Å². The fourth-order valence-corrected chi connectivity index (χ4v) is 3.07. The molecule has 9 heteroatoms. The van der Waals surface area contributed by atoms with Gasteiger partial charge < -0.3 is 5.32 Å². The minimum absolute atomic E-state index is 0.0279. The molecule has 1 saturated carbocycles. The Labute approximate surface area is 163 Å². The molecule has 150 valence electrons. The first-order chi connectivity index (χ1) is 13.9. The van der Waals surface area contributed by atoms with Crippen LogP contribution in [0.15, 0.2) is 47.3 Å². The largest absolute Gasteiger partial charge is 0.350 e. The molecule has 0 spiro atoms. The first kappa shape index (κ1) is 19.0. The lowest BCUT2D eigenvalue weighted by Crippen LogP contribution is -2.32. The van der Waals surface area contributed by atoms with Crippen LogP contribution in [0.1, 0.15) is 29.2 Å². The summed E-state index contributed by atoms with van der Waals surface area (Å²) in [6, 6.07) is 8.44. The Balaban J connectivity index is 1.50. The molecule has 1 aromatic heterocycles. The Morgan fingerprint density at radius 3 is 2.41 bits per heavy atom. The number of rotatable bonds is 6. The van der Waals surface area contributed by atoms with E-state index in [4.69, 9.17) is 0 Å². The SMILES string of the molecule is O=C(NCCn1nc(-c2ccc(F)cc2)n(C2CC2)c1=O)c1ccc(F)cc1F. The van der Waals surface area contributed by atoms with Gasteiger partial charge in [-0.1, -0.05) is 0 Å². The molecule has 1 N–H and O–H groups in total. The van der Waals surface area contributed by atoms with E-state index in [9.17, 15) is 22.8 Å². The van der Waals surface area contributed by atoms with Crippen molar-refractivity contribution in [1.82, 2.24) is 19.7 Å². The summed E-state index contributed by atoms with van der Waals surface area (Å²) in [5.41, 5.74) is 0.00913. The zero-order chi connectivity index (χ0) is 20.5. The van der Waals surface area contributed by atoms with Gasteiger partial charge in [-0.05, 0) is 49.2 Å². The minimum Gasteiger partial charge on any atom is -0.350 e. The summed E-state index contributed by atoms with van der Waals surface area (Å²) in [4.78, 5) is 24.8. The third kappa shape index (κ3) is 3.94. The predicted molar refractivity (Wildman–Crippen MR) is 98.8 cm³/mol. The van der Waals surface area contributed by atoms with Crippen LogP contribution in [0.25, 0.3) is 11.4 Å². The van der Waals surface area contributed by atoms with E-state index >= 15 is 0 Å². The zero-order valence-electron chi connectivity index (χ0n) is 15.2. The second-order valence-corrected chi connectivity index (χ2v) is 6.82. The number of benzene rings is 2. The Morgan fingerprint density at radius 1 is 1.07 bits per heavy atom. The van der Waals surface area contributed by atoms with Gasteiger partial charge in [0, 0.05) is 24.2 Å². The van der Waals surface area contributed by atoms with Gasteiger partial charge in [0.25, 0.3) is 5.91 Å². The van der Waals surface area contributed by atoms with Crippen molar-refractivity contribution in [1.29, 1.82) is 0 Å². The quantitative estimate of drug-likeness (QED) is 0.689. The lowest BCUT2D eigenvalue weighted by Gasteiger charge is -2.06. The van der Waals surface area contributed by atoms with Gasteiger partial charge in [0.2, 0.25) is 0 Å². The summed E-state index contributed by atoms with van der Waals surface area (Å²) < 4.78 is 42.7. The summed E-state index contributed by atoms with van der Waals surface area (Å²) in [6.45, 7) is 0.0986. The first-order valence-corrected chi connectivity index (χ1v) is 9.12. The van der Waals surface area contributed by atoms with Crippen LogP contribution in [0.5, 0.6) is 0 Å². The molecule has 0 unspecified atom stereocenters. The molecule has 29 heavy (non-hydrogen) atoms. The van der Waals surface area contributed by atoms with Crippen molar-refractivity contribution in [3.8, 4) is 11.4 Å². The van der Waals surface area contributed by atoms with Crippen molar-refractivity contribution in [2.24, 2.45) is 0 Å². The van der Waals surface area contributed by atoms with E-state index in [0.29, 0.717) is 17.5 Å². The van der Waals surface area contributed by atoms with Gasteiger partial charge in [-0.15, -0.1) is 5.10 Å². The second-order valence-electron chi connectivity index (χ2n) is 6.82. The average Bonchev–Trinajstić information content (AvgIpc) is 3.46. The van der Waals surface area contributed by atoms with Crippen molar-refractivity contribution < 1.29 is 18.0 Å². The highest BCUT2D eigenvalue weighted by Gasteiger charge is 2.30. The first-order valence-electron chi connectivity index (χ1n) is 9.12. The van der Waals surface area contributed by atoms with Crippen LogP contribution in [0.3, 0.4) is 0 Å². The van der Waals surface area contributed by atoms with E-state index in [1.54, 1.807) is 16.7 Å². The Kier molecular flexibility index (Phi) is 4.96. The molecule has 6 nitrogen and oxygen atoms in total. The second kappa shape index (κ2) is 7.57. The fourth-order valence-electron chi connectivity index (χ4n) is 3.07. The maximum Gasteiger partial charge on any atom is 0.346 e. The van der Waals surface area contributed by atoms with Gasteiger partial charge in [0.1, 0.15) is 17.5 Å². The van der Waals surface area contributed by atoms with Crippen molar-refractivity contribution in [3.63, 3.8) is 0 Å². The highest BCUT2D eigenvalue weighted by molar-refractivity contribution is 5.94. The number of hydrogen-bond acceptors (Lipinski definition) is 3. The third-order valence-corrected chi connectivity index (χ3v) is 4.67.